The van der Waals surface area contributed by atoms with Crippen LogP contribution in [0.2, 0.25) is 0 Å². The van der Waals surface area contributed by atoms with Crippen LogP contribution < -0.4 is 4.90 Å². The lowest BCUT2D eigenvalue weighted by molar-refractivity contribution is 0.144. The fourth-order valence-electron chi connectivity index (χ4n) is 4.93. The number of aromatic hydroxyl groups is 1. The molecule has 5 nitrogen and oxygen atoms in total. The smallest absolute Gasteiger partial charge is 0.151 e. The highest BCUT2D eigenvalue weighted by Crippen LogP contribution is 2.45. The minimum absolute atomic E-state index is 0.132. The molecule has 0 amide bonds. The van der Waals surface area contributed by atoms with Gasteiger partial charge in [0, 0.05) is 30.4 Å². The molecular formula is C22H23FN4O. The Balaban J connectivity index is 1.42. The second-order valence-electron chi connectivity index (χ2n) is 8.17. The van der Waals surface area contributed by atoms with E-state index in [2.05, 4.69) is 15.2 Å². The Morgan fingerprint density at radius 1 is 1.07 bits per heavy atom. The monoisotopic (exact) mass is 378 g/mol. The molecule has 5 rings (SSSR count). The molecule has 1 N–H and O–H groups in total. The van der Waals surface area contributed by atoms with Crippen molar-refractivity contribution >= 4 is 16.6 Å². The average molecular weight is 378 g/mol. The minimum atomic E-state index is -0.802. The van der Waals surface area contributed by atoms with Crippen LogP contribution in [0.3, 0.4) is 0 Å². The van der Waals surface area contributed by atoms with Crippen LogP contribution in [-0.4, -0.2) is 39.5 Å². The molecule has 1 aromatic carbocycles. The van der Waals surface area contributed by atoms with Gasteiger partial charge >= 0.3 is 0 Å². The van der Waals surface area contributed by atoms with Crippen LogP contribution >= 0.6 is 0 Å². The number of halogens is 1. The number of nitrogens with zero attached hydrogens (tertiary/aromatic N) is 4. The molecule has 0 saturated heterocycles. The number of anilines is 1. The minimum Gasteiger partial charge on any atom is -0.507 e. The van der Waals surface area contributed by atoms with E-state index in [1.807, 2.05) is 36.2 Å². The van der Waals surface area contributed by atoms with E-state index in [9.17, 15) is 9.50 Å². The quantitative estimate of drug-likeness (QED) is 0.734. The molecule has 144 valence electrons. The largest absolute Gasteiger partial charge is 0.507 e. The maximum Gasteiger partial charge on any atom is 0.151 e. The molecule has 2 heterocycles. The third kappa shape index (κ3) is 2.87. The van der Waals surface area contributed by atoms with E-state index in [0.29, 0.717) is 23.0 Å². The molecular weight excluding hydrogens is 355 g/mol. The van der Waals surface area contributed by atoms with Gasteiger partial charge in [-0.3, -0.25) is 4.98 Å². The van der Waals surface area contributed by atoms with Gasteiger partial charge in [-0.05, 0) is 73.2 Å². The van der Waals surface area contributed by atoms with E-state index >= 15 is 0 Å². The van der Waals surface area contributed by atoms with Crippen molar-refractivity contribution in [3.8, 4) is 17.0 Å². The number of pyridine rings is 1. The van der Waals surface area contributed by atoms with Gasteiger partial charge in [0.25, 0.3) is 0 Å². The van der Waals surface area contributed by atoms with Gasteiger partial charge in [-0.15, -0.1) is 10.2 Å². The van der Waals surface area contributed by atoms with Gasteiger partial charge in [-0.25, -0.2) is 4.39 Å². The van der Waals surface area contributed by atoms with Crippen molar-refractivity contribution in [2.45, 2.75) is 37.9 Å². The third-order valence-electron chi connectivity index (χ3n) is 6.51. The summed E-state index contributed by atoms with van der Waals surface area (Å²) < 4.78 is 14.9. The number of benzene rings is 1. The van der Waals surface area contributed by atoms with E-state index in [0.717, 1.165) is 36.5 Å². The maximum atomic E-state index is 14.9. The number of phenolic OH excluding ortho intramolecular Hbond substituents is 1. The van der Waals surface area contributed by atoms with Crippen LogP contribution in [-0.2, 0) is 0 Å². The van der Waals surface area contributed by atoms with Gasteiger partial charge in [-0.2, -0.15) is 0 Å². The summed E-state index contributed by atoms with van der Waals surface area (Å²) in [6.07, 6.45) is 6.71. The van der Waals surface area contributed by atoms with Crippen LogP contribution in [0.15, 0.2) is 42.7 Å². The molecule has 28 heavy (non-hydrogen) atoms. The van der Waals surface area contributed by atoms with Crippen molar-refractivity contribution in [2.75, 3.05) is 11.9 Å². The van der Waals surface area contributed by atoms with Gasteiger partial charge in [0.15, 0.2) is 5.82 Å². The number of fused-ring (bicyclic) bond motifs is 3. The Bertz CT molecular complexity index is 1010. The average Bonchev–Trinajstić information content (AvgIpc) is 3.13. The normalized spacial score (nSPS) is 26.5. The van der Waals surface area contributed by atoms with Crippen molar-refractivity contribution in [1.82, 2.24) is 15.2 Å². The third-order valence-corrected chi connectivity index (χ3v) is 6.51. The first-order chi connectivity index (χ1) is 13.6. The summed E-state index contributed by atoms with van der Waals surface area (Å²) in [5.41, 5.74) is 1.22. The highest BCUT2D eigenvalue weighted by atomic mass is 19.1. The molecule has 2 aromatic heterocycles. The summed E-state index contributed by atoms with van der Waals surface area (Å²) in [5, 5.41) is 20.9. The predicted octanol–water partition coefficient (Wildman–Crippen LogP) is 4.36. The van der Waals surface area contributed by atoms with E-state index in [1.54, 1.807) is 18.5 Å². The zero-order valence-electron chi connectivity index (χ0n) is 15.8. The van der Waals surface area contributed by atoms with Crippen molar-refractivity contribution in [1.29, 1.82) is 0 Å². The Hall–Kier alpha value is -2.76. The zero-order valence-corrected chi connectivity index (χ0v) is 15.8. The Morgan fingerprint density at radius 3 is 2.79 bits per heavy atom. The van der Waals surface area contributed by atoms with Crippen molar-refractivity contribution in [3.05, 3.63) is 42.7 Å². The Morgan fingerprint density at radius 2 is 1.96 bits per heavy atom. The maximum absolute atomic E-state index is 14.9. The topological polar surface area (TPSA) is 62.1 Å². The summed E-state index contributed by atoms with van der Waals surface area (Å²) >= 11 is 0. The van der Waals surface area contributed by atoms with Gasteiger partial charge in [0.2, 0.25) is 0 Å². The highest BCUT2D eigenvalue weighted by Gasteiger charge is 2.44. The molecule has 6 heteroatoms. The summed E-state index contributed by atoms with van der Waals surface area (Å²) in [5.74, 6) is 1.65. The van der Waals surface area contributed by atoms with E-state index in [1.165, 1.54) is 0 Å². The second kappa shape index (κ2) is 6.69. The Kier molecular flexibility index (Phi) is 4.14. The van der Waals surface area contributed by atoms with Crippen molar-refractivity contribution < 1.29 is 9.50 Å². The molecule has 2 fully saturated rings. The van der Waals surface area contributed by atoms with Gasteiger partial charge in [0.05, 0.1) is 11.7 Å². The van der Waals surface area contributed by atoms with Crippen LogP contribution in [0.5, 0.6) is 5.75 Å². The van der Waals surface area contributed by atoms with Crippen molar-refractivity contribution in [3.63, 3.8) is 0 Å². The second-order valence-corrected chi connectivity index (χ2v) is 8.17. The molecule has 2 aliphatic rings. The summed E-state index contributed by atoms with van der Waals surface area (Å²) in [6, 6.07) is 9.04. The number of rotatable bonds is 3. The first-order valence-electron chi connectivity index (χ1n) is 9.88. The highest BCUT2D eigenvalue weighted by molar-refractivity contribution is 5.89. The number of hydrogen-bond donors (Lipinski definition) is 1. The molecule has 2 saturated carbocycles. The summed E-state index contributed by atoms with van der Waals surface area (Å²) in [7, 11) is 1.91. The number of aromatic nitrogens is 3. The number of alkyl halides is 1. The summed E-state index contributed by atoms with van der Waals surface area (Å²) in [4.78, 5) is 6.02. The number of hydrogen-bond acceptors (Lipinski definition) is 5. The molecule has 0 spiro atoms. The molecule has 2 bridgehead atoms. The van der Waals surface area contributed by atoms with Crippen LogP contribution in [0.1, 0.15) is 25.7 Å². The van der Waals surface area contributed by atoms with E-state index in [-0.39, 0.29) is 17.7 Å². The fourth-order valence-corrected chi connectivity index (χ4v) is 4.93. The molecule has 0 radical (unpaired) electrons. The molecule has 0 aliphatic heterocycles. The fraction of sp³-hybridized carbons (Fsp3) is 0.409. The predicted molar refractivity (Wildman–Crippen MR) is 107 cm³/mol. The number of phenols is 1. The summed E-state index contributed by atoms with van der Waals surface area (Å²) in [6.45, 7) is 0. The van der Waals surface area contributed by atoms with Crippen LogP contribution in [0.25, 0.3) is 22.0 Å². The van der Waals surface area contributed by atoms with Gasteiger partial charge in [0.1, 0.15) is 11.9 Å². The van der Waals surface area contributed by atoms with E-state index in [4.69, 9.17) is 0 Å². The lowest BCUT2D eigenvalue weighted by atomic mass is 9.83. The van der Waals surface area contributed by atoms with Crippen molar-refractivity contribution in [2.24, 2.45) is 11.8 Å². The van der Waals surface area contributed by atoms with Gasteiger partial charge < -0.3 is 10.0 Å². The lowest BCUT2D eigenvalue weighted by Crippen LogP contribution is -2.46. The Labute approximate surface area is 163 Å². The van der Waals surface area contributed by atoms with Crippen LogP contribution in [0.4, 0.5) is 10.2 Å². The first kappa shape index (κ1) is 17.3. The SMILES string of the molecule is CN(c1ccc(-c2cc3ccncc3cc2O)nn1)[C@H]1C[C@@H]2CC[C@@H](C2)[C@H]1F. The molecule has 0 unspecified atom stereocenters. The lowest BCUT2D eigenvalue weighted by Gasteiger charge is -2.38. The first-order valence-corrected chi connectivity index (χ1v) is 9.88. The van der Waals surface area contributed by atoms with E-state index < -0.39 is 6.17 Å². The molecule has 4 atom stereocenters. The zero-order chi connectivity index (χ0) is 19.3. The molecule has 2 aliphatic carbocycles. The standard InChI is InChI=1S/C22H23FN4O/c1-27(19-9-13-2-3-15(8-13)22(19)23)21-5-4-18(25-26-21)17-10-14-6-7-24-12-16(14)11-20(17)28/h4-7,10-13,15,19,22,28H,2-3,8-9H2,1H3/t13-,15+,19+,22-/m1/s1. The van der Waals surface area contributed by atoms with Crippen LogP contribution in [0, 0.1) is 11.8 Å². The molecule has 3 aromatic rings. The van der Waals surface area contributed by atoms with Gasteiger partial charge in [-0.1, -0.05) is 0 Å².